The number of halogens is 3. The molecule has 2 nitrogen and oxygen atoms in total. The van der Waals surface area contributed by atoms with Crippen LogP contribution in [0, 0.1) is 5.82 Å². The van der Waals surface area contributed by atoms with Gasteiger partial charge in [-0.05, 0) is 35.9 Å². The minimum atomic E-state index is -0.427. The Kier molecular flexibility index (Phi) is 3.72. The van der Waals surface area contributed by atoms with Gasteiger partial charge in [-0.25, -0.2) is 4.39 Å². The lowest BCUT2D eigenvalue weighted by Gasteiger charge is -2.11. The predicted octanol–water partition coefficient (Wildman–Crippen LogP) is 4.68. The Morgan fingerprint density at radius 1 is 1.20 bits per heavy atom. The smallest absolute Gasteiger partial charge is 0.141 e. The molecule has 0 saturated heterocycles. The average Bonchev–Trinajstić information content (AvgIpc) is 2.88. The predicted molar refractivity (Wildman–Crippen MR) is 79.4 cm³/mol. The number of nitrogens with one attached hydrogen (secondary N) is 1. The van der Waals surface area contributed by atoms with Crippen LogP contribution in [-0.2, 0) is 13.0 Å². The van der Waals surface area contributed by atoms with E-state index in [9.17, 15) is 4.39 Å². The first-order chi connectivity index (χ1) is 9.63. The van der Waals surface area contributed by atoms with Crippen LogP contribution in [-0.4, -0.2) is 6.61 Å². The van der Waals surface area contributed by atoms with Crippen LogP contribution in [0.15, 0.2) is 30.3 Å². The number of ether oxygens (including phenoxy) is 1. The fourth-order valence-electron chi connectivity index (χ4n) is 2.28. The van der Waals surface area contributed by atoms with Gasteiger partial charge in [-0.15, -0.1) is 0 Å². The van der Waals surface area contributed by atoms with Crippen LogP contribution in [0.3, 0.4) is 0 Å². The number of fused-ring (bicyclic) bond motifs is 1. The molecule has 2 aromatic carbocycles. The van der Waals surface area contributed by atoms with Crippen molar-refractivity contribution < 1.29 is 9.13 Å². The first kappa shape index (κ1) is 13.5. The first-order valence-electron chi connectivity index (χ1n) is 6.26. The third-order valence-electron chi connectivity index (χ3n) is 3.23. The van der Waals surface area contributed by atoms with E-state index in [4.69, 9.17) is 27.9 Å². The Labute approximate surface area is 126 Å². The van der Waals surface area contributed by atoms with Crippen LogP contribution in [0.4, 0.5) is 10.1 Å². The molecule has 20 heavy (non-hydrogen) atoms. The molecule has 0 fully saturated rings. The van der Waals surface area contributed by atoms with Crippen LogP contribution >= 0.6 is 23.2 Å². The summed E-state index contributed by atoms with van der Waals surface area (Å²) in [6, 6.07) is 8.35. The average molecular weight is 312 g/mol. The second kappa shape index (κ2) is 5.51. The van der Waals surface area contributed by atoms with Crippen molar-refractivity contribution in [1.29, 1.82) is 0 Å². The third kappa shape index (κ3) is 2.69. The summed E-state index contributed by atoms with van der Waals surface area (Å²) < 4.78 is 18.7. The maximum absolute atomic E-state index is 13.1. The number of anilines is 1. The van der Waals surface area contributed by atoms with Crippen LogP contribution in [0.1, 0.15) is 11.1 Å². The highest BCUT2D eigenvalue weighted by Gasteiger charge is 2.17. The zero-order valence-corrected chi connectivity index (χ0v) is 12.1. The largest absolute Gasteiger partial charge is 0.493 e. The van der Waals surface area contributed by atoms with Crippen LogP contribution in [0.2, 0.25) is 10.0 Å². The second-order valence-corrected chi connectivity index (χ2v) is 5.48. The molecule has 104 valence electrons. The van der Waals surface area contributed by atoms with Crippen molar-refractivity contribution in [3.63, 3.8) is 0 Å². The van der Waals surface area contributed by atoms with Crippen molar-refractivity contribution in [3.8, 4) is 5.75 Å². The molecule has 1 aliphatic rings. The summed E-state index contributed by atoms with van der Waals surface area (Å²) in [5, 5.41) is 3.99. The molecule has 0 radical (unpaired) electrons. The molecule has 0 aliphatic carbocycles. The zero-order chi connectivity index (χ0) is 14.1. The second-order valence-electron chi connectivity index (χ2n) is 4.63. The molecule has 0 unspecified atom stereocenters. The van der Waals surface area contributed by atoms with E-state index in [2.05, 4.69) is 5.32 Å². The minimum Gasteiger partial charge on any atom is -0.493 e. The maximum atomic E-state index is 13.1. The number of benzene rings is 2. The van der Waals surface area contributed by atoms with Gasteiger partial charge in [-0.2, -0.15) is 0 Å². The van der Waals surface area contributed by atoms with Crippen molar-refractivity contribution in [3.05, 3.63) is 57.3 Å². The zero-order valence-electron chi connectivity index (χ0n) is 10.6. The molecule has 0 bridgehead atoms. The van der Waals surface area contributed by atoms with E-state index in [1.54, 1.807) is 12.1 Å². The van der Waals surface area contributed by atoms with E-state index >= 15 is 0 Å². The first-order valence-corrected chi connectivity index (χ1v) is 7.02. The molecule has 0 saturated carbocycles. The van der Waals surface area contributed by atoms with E-state index in [1.807, 2.05) is 12.1 Å². The van der Waals surface area contributed by atoms with Gasteiger partial charge in [0.1, 0.15) is 11.6 Å². The minimum absolute atomic E-state index is 0.0996. The fraction of sp³-hybridized carbons (Fsp3) is 0.200. The van der Waals surface area contributed by atoms with E-state index in [1.165, 1.54) is 6.07 Å². The molecule has 0 spiro atoms. The Morgan fingerprint density at radius 3 is 2.85 bits per heavy atom. The van der Waals surface area contributed by atoms with Gasteiger partial charge >= 0.3 is 0 Å². The van der Waals surface area contributed by atoms with E-state index in [-0.39, 0.29) is 5.02 Å². The Balaban J connectivity index is 1.80. The van der Waals surface area contributed by atoms with Gasteiger partial charge in [0.2, 0.25) is 0 Å². The summed E-state index contributed by atoms with van der Waals surface area (Å²) >= 11 is 11.9. The van der Waals surface area contributed by atoms with Crippen molar-refractivity contribution in [2.45, 2.75) is 13.0 Å². The number of hydrogen-bond acceptors (Lipinski definition) is 2. The molecule has 0 atom stereocenters. The normalized spacial score (nSPS) is 12.9. The van der Waals surface area contributed by atoms with Crippen LogP contribution in [0.5, 0.6) is 5.75 Å². The molecule has 3 rings (SSSR count). The summed E-state index contributed by atoms with van der Waals surface area (Å²) in [4.78, 5) is 0. The van der Waals surface area contributed by atoms with Crippen molar-refractivity contribution >= 4 is 28.9 Å². The summed E-state index contributed by atoms with van der Waals surface area (Å²) in [6.07, 6.45) is 0.880. The molecule has 1 heterocycles. The van der Waals surface area contributed by atoms with Gasteiger partial charge in [0.05, 0.1) is 11.6 Å². The molecular weight excluding hydrogens is 300 g/mol. The Hall–Kier alpha value is -1.45. The Morgan fingerprint density at radius 2 is 2.05 bits per heavy atom. The highest BCUT2D eigenvalue weighted by atomic mass is 35.5. The lowest BCUT2D eigenvalue weighted by atomic mass is 10.1. The summed E-state index contributed by atoms with van der Waals surface area (Å²) in [6.45, 7) is 1.23. The molecule has 1 aliphatic heterocycles. The molecule has 1 N–H and O–H groups in total. The number of hydrogen-bond donors (Lipinski definition) is 1. The lowest BCUT2D eigenvalue weighted by molar-refractivity contribution is 0.354. The topological polar surface area (TPSA) is 21.3 Å². The third-order valence-corrected chi connectivity index (χ3v) is 3.74. The molecule has 2 aromatic rings. The van der Waals surface area contributed by atoms with Gasteiger partial charge in [-0.3, -0.25) is 0 Å². The van der Waals surface area contributed by atoms with E-state index in [0.717, 1.165) is 29.0 Å². The number of rotatable bonds is 3. The standard InChI is InChI=1S/C15H12Cl2FNO/c16-11-5-9-3-4-20-15(9)10(6-11)8-19-12-1-2-14(18)13(17)7-12/h1-2,5-7,19H,3-4,8H2. The molecule has 0 aromatic heterocycles. The van der Waals surface area contributed by atoms with E-state index in [0.29, 0.717) is 18.2 Å². The molecular formula is C15H12Cl2FNO. The van der Waals surface area contributed by atoms with Crippen molar-refractivity contribution in [2.75, 3.05) is 11.9 Å². The van der Waals surface area contributed by atoms with Crippen LogP contribution < -0.4 is 10.1 Å². The summed E-state index contributed by atoms with van der Waals surface area (Å²) in [7, 11) is 0. The highest BCUT2D eigenvalue weighted by Crippen LogP contribution is 2.33. The summed E-state index contributed by atoms with van der Waals surface area (Å²) in [5.41, 5.74) is 2.88. The molecule has 5 heteroatoms. The van der Waals surface area contributed by atoms with Gasteiger partial charge in [0, 0.05) is 29.2 Å². The maximum Gasteiger partial charge on any atom is 0.141 e. The molecule has 0 amide bonds. The van der Waals surface area contributed by atoms with E-state index < -0.39 is 5.82 Å². The summed E-state index contributed by atoms with van der Waals surface area (Å²) in [5.74, 6) is 0.472. The van der Waals surface area contributed by atoms with Gasteiger partial charge in [-0.1, -0.05) is 23.2 Å². The van der Waals surface area contributed by atoms with Crippen molar-refractivity contribution in [1.82, 2.24) is 0 Å². The van der Waals surface area contributed by atoms with Gasteiger partial charge < -0.3 is 10.1 Å². The fourth-order valence-corrected chi connectivity index (χ4v) is 2.72. The Bertz CT molecular complexity index is 661. The monoisotopic (exact) mass is 311 g/mol. The quantitative estimate of drug-likeness (QED) is 0.888. The highest BCUT2D eigenvalue weighted by molar-refractivity contribution is 6.31. The lowest BCUT2D eigenvalue weighted by Crippen LogP contribution is -2.02. The van der Waals surface area contributed by atoms with Crippen molar-refractivity contribution in [2.24, 2.45) is 0 Å². The van der Waals surface area contributed by atoms with Crippen LogP contribution in [0.25, 0.3) is 0 Å². The SMILES string of the molecule is Fc1ccc(NCc2cc(Cl)cc3c2OCC3)cc1Cl. The van der Waals surface area contributed by atoms with Gasteiger partial charge in [0.25, 0.3) is 0 Å². The van der Waals surface area contributed by atoms with Gasteiger partial charge in [0.15, 0.2) is 0 Å².